The average molecular weight is 298 g/mol. The van der Waals surface area contributed by atoms with Crippen LogP contribution in [0.5, 0.6) is 0 Å². The maximum absolute atomic E-state index is 12.8. The second kappa shape index (κ2) is 6.11. The summed E-state index contributed by atoms with van der Waals surface area (Å²) >= 11 is 0. The maximum atomic E-state index is 12.8. The van der Waals surface area contributed by atoms with Crippen LogP contribution in [0.1, 0.15) is 31.2 Å². The van der Waals surface area contributed by atoms with Gasteiger partial charge in [0, 0.05) is 24.9 Å². The number of aryl methyl sites for hydroxylation is 1. The molecule has 1 fully saturated rings. The highest BCUT2D eigenvalue weighted by molar-refractivity contribution is 7.89. The van der Waals surface area contributed by atoms with E-state index in [9.17, 15) is 8.42 Å². The lowest BCUT2D eigenvalue weighted by Gasteiger charge is -2.36. The van der Waals surface area contributed by atoms with Gasteiger partial charge in [-0.1, -0.05) is 6.42 Å². The lowest BCUT2D eigenvalue weighted by atomic mass is 9.93. The van der Waals surface area contributed by atoms with Crippen molar-refractivity contribution < 1.29 is 13.5 Å². The molecule has 3 N–H and O–H groups in total. The number of nitrogen functional groups attached to an aromatic ring is 1. The van der Waals surface area contributed by atoms with E-state index >= 15 is 0 Å². The van der Waals surface area contributed by atoms with Gasteiger partial charge >= 0.3 is 0 Å². The van der Waals surface area contributed by atoms with Gasteiger partial charge in [-0.05, 0) is 49.9 Å². The van der Waals surface area contributed by atoms with Crippen molar-refractivity contribution >= 4 is 15.7 Å². The molecule has 5 nitrogen and oxygen atoms in total. The summed E-state index contributed by atoms with van der Waals surface area (Å²) in [6.07, 6.45) is 3.33. The number of hydrogen-bond acceptors (Lipinski definition) is 4. The molecular formula is C14H22N2O3S. The minimum Gasteiger partial charge on any atom is -0.399 e. The van der Waals surface area contributed by atoms with Crippen molar-refractivity contribution in [1.29, 1.82) is 0 Å². The van der Waals surface area contributed by atoms with Crippen molar-refractivity contribution in [1.82, 2.24) is 4.31 Å². The summed E-state index contributed by atoms with van der Waals surface area (Å²) in [5.41, 5.74) is 6.91. The first-order valence-electron chi connectivity index (χ1n) is 6.95. The third kappa shape index (κ3) is 2.97. The molecule has 0 amide bonds. The summed E-state index contributed by atoms with van der Waals surface area (Å²) < 4.78 is 27.2. The zero-order valence-electron chi connectivity index (χ0n) is 11.7. The van der Waals surface area contributed by atoms with Crippen molar-refractivity contribution in [3.63, 3.8) is 0 Å². The van der Waals surface area contributed by atoms with E-state index < -0.39 is 10.0 Å². The largest absolute Gasteiger partial charge is 0.399 e. The molecule has 1 aliphatic rings. The van der Waals surface area contributed by atoms with Gasteiger partial charge in [-0.25, -0.2) is 8.42 Å². The molecule has 0 aromatic heterocycles. The topological polar surface area (TPSA) is 83.6 Å². The predicted octanol–water partition coefficient (Wildman–Crippen LogP) is 1.50. The first-order valence-corrected chi connectivity index (χ1v) is 8.39. The standard InChI is InChI=1S/C14H22N2O3S/c1-11-10-12(15)6-7-14(11)20(18,19)16(8-3-9-17)13-4-2-5-13/h6-7,10,13,17H,2-5,8-9,15H2,1H3. The van der Waals surface area contributed by atoms with Crippen LogP contribution in [0.4, 0.5) is 5.69 Å². The molecule has 0 heterocycles. The van der Waals surface area contributed by atoms with Crippen LogP contribution in [0.15, 0.2) is 23.1 Å². The van der Waals surface area contributed by atoms with Gasteiger partial charge in [-0.3, -0.25) is 0 Å². The number of hydrogen-bond donors (Lipinski definition) is 2. The lowest BCUT2D eigenvalue weighted by Crippen LogP contribution is -2.45. The van der Waals surface area contributed by atoms with E-state index in [4.69, 9.17) is 10.8 Å². The second-order valence-electron chi connectivity index (χ2n) is 5.30. The third-order valence-corrected chi connectivity index (χ3v) is 5.92. The van der Waals surface area contributed by atoms with Crippen LogP contribution in [-0.4, -0.2) is 37.0 Å². The molecule has 1 aromatic rings. The summed E-state index contributed by atoms with van der Waals surface area (Å²) in [7, 11) is -3.51. The fourth-order valence-corrected chi connectivity index (χ4v) is 4.42. The zero-order chi connectivity index (χ0) is 14.8. The van der Waals surface area contributed by atoms with Crippen molar-refractivity contribution in [2.24, 2.45) is 0 Å². The van der Waals surface area contributed by atoms with Gasteiger partial charge in [-0.15, -0.1) is 0 Å². The Labute approximate surface area is 120 Å². The van der Waals surface area contributed by atoms with Crippen LogP contribution in [0.25, 0.3) is 0 Å². The van der Waals surface area contributed by atoms with E-state index in [-0.39, 0.29) is 12.6 Å². The molecular weight excluding hydrogens is 276 g/mol. The van der Waals surface area contributed by atoms with Gasteiger partial charge in [0.15, 0.2) is 0 Å². The molecule has 0 saturated heterocycles. The molecule has 1 aliphatic carbocycles. The van der Waals surface area contributed by atoms with Crippen molar-refractivity contribution in [2.45, 2.75) is 43.5 Å². The van der Waals surface area contributed by atoms with Crippen LogP contribution in [-0.2, 0) is 10.0 Å². The maximum Gasteiger partial charge on any atom is 0.243 e. The SMILES string of the molecule is Cc1cc(N)ccc1S(=O)(=O)N(CCCO)C1CCC1. The Morgan fingerprint density at radius 1 is 1.40 bits per heavy atom. The number of sulfonamides is 1. The number of benzene rings is 1. The van der Waals surface area contributed by atoms with E-state index in [1.807, 2.05) is 0 Å². The first-order chi connectivity index (χ1) is 9.46. The van der Waals surface area contributed by atoms with E-state index in [1.54, 1.807) is 29.4 Å². The lowest BCUT2D eigenvalue weighted by molar-refractivity contribution is 0.198. The number of aliphatic hydroxyl groups excluding tert-OH is 1. The Kier molecular flexibility index (Phi) is 4.67. The Balaban J connectivity index is 2.33. The van der Waals surface area contributed by atoms with Gasteiger partial charge in [-0.2, -0.15) is 4.31 Å². The van der Waals surface area contributed by atoms with Crippen LogP contribution in [0, 0.1) is 6.92 Å². The minimum atomic E-state index is -3.51. The van der Waals surface area contributed by atoms with Crippen molar-refractivity contribution in [3.05, 3.63) is 23.8 Å². The fourth-order valence-electron chi connectivity index (χ4n) is 2.49. The number of nitrogens with zero attached hydrogens (tertiary/aromatic N) is 1. The molecule has 1 aromatic carbocycles. The van der Waals surface area contributed by atoms with Gasteiger partial charge in [0.2, 0.25) is 10.0 Å². The second-order valence-corrected chi connectivity index (χ2v) is 7.16. The normalized spacial score (nSPS) is 16.4. The van der Waals surface area contributed by atoms with E-state index in [0.29, 0.717) is 29.1 Å². The van der Waals surface area contributed by atoms with Gasteiger partial charge in [0.25, 0.3) is 0 Å². The van der Waals surface area contributed by atoms with Crippen molar-refractivity contribution in [2.75, 3.05) is 18.9 Å². The molecule has 0 bridgehead atoms. The van der Waals surface area contributed by atoms with Crippen LogP contribution in [0.2, 0.25) is 0 Å². The Morgan fingerprint density at radius 3 is 2.60 bits per heavy atom. The Bertz CT molecular complexity index is 568. The smallest absolute Gasteiger partial charge is 0.243 e. The van der Waals surface area contributed by atoms with Crippen LogP contribution in [0.3, 0.4) is 0 Å². The zero-order valence-corrected chi connectivity index (χ0v) is 12.6. The van der Waals surface area contributed by atoms with E-state index in [1.165, 1.54) is 0 Å². The molecule has 2 rings (SSSR count). The van der Waals surface area contributed by atoms with Crippen molar-refractivity contribution in [3.8, 4) is 0 Å². The summed E-state index contributed by atoms with van der Waals surface area (Å²) in [5.74, 6) is 0. The molecule has 0 atom stereocenters. The summed E-state index contributed by atoms with van der Waals surface area (Å²) in [6.45, 7) is 2.13. The molecule has 6 heteroatoms. The monoisotopic (exact) mass is 298 g/mol. The Morgan fingerprint density at radius 2 is 2.10 bits per heavy atom. The summed E-state index contributed by atoms with van der Waals surface area (Å²) in [4.78, 5) is 0.316. The number of nitrogens with two attached hydrogens (primary N) is 1. The first kappa shape index (κ1) is 15.3. The highest BCUT2D eigenvalue weighted by atomic mass is 32.2. The third-order valence-electron chi connectivity index (χ3n) is 3.80. The highest BCUT2D eigenvalue weighted by Gasteiger charge is 2.35. The molecule has 1 saturated carbocycles. The summed E-state index contributed by atoms with van der Waals surface area (Å²) in [5, 5.41) is 8.98. The number of anilines is 1. The van der Waals surface area contributed by atoms with Gasteiger partial charge < -0.3 is 10.8 Å². The minimum absolute atomic E-state index is 0.000536. The molecule has 0 radical (unpaired) electrons. The Hall–Kier alpha value is -1.11. The number of aliphatic hydroxyl groups is 1. The summed E-state index contributed by atoms with van der Waals surface area (Å²) in [6, 6.07) is 4.94. The number of rotatable bonds is 6. The van der Waals surface area contributed by atoms with Crippen LogP contribution >= 0.6 is 0 Å². The fraction of sp³-hybridized carbons (Fsp3) is 0.571. The van der Waals surface area contributed by atoms with E-state index in [0.717, 1.165) is 19.3 Å². The van der Waals surface area contributed by atoms with E-state index in [2.05, 4.69) is 0 Å². The van der Waals surface area contributed by atoms with Crippen LogP contribution < -0.4 is 5.73 Å². The molecule has 0 spiro atoms. The van der Waals surface area contributed by atoms with Gasteiger partial charge in [0.1, 0.15) is 0 Å². The quantitative estimate of drug-likeness (QED) is 0.780. The molecule has 20 heavy (non-hydrogen) atoms. The van der Waals surface area contributed by atoms with Gasteiger partial charge in [0.05, 0.1) is 4.90 Å². The average Bonchev–Trinajstić information content (AvgIpc) is 2.31. The molecule has 0 unspecified atom stereocenters. The highest BCUT2D eigenvalue weighted by Crippen LogP contribution is 2.31. The molecule has 112 valence electrons. The predicted molar refractivity (Wildman–Crippen MR) is 78.8 cm³/mol. The molecule has 0 aliphatic heterocycles.